The Morgan fingerprint density at radius 2 is 2.06 bits per heavy atom. The molecule has 3 aliphatic rings. The quantitative estimate of drug-likeness (QED) is 0.775. The number of aromatic amines is 1. The maximum Gasteiger partial charge on any atom is 0.277 e. The number of amides is 1. The molecule has 9 nitrogen and oxygen atoms in total. The molecule has 2 aromatic rings. The number of aromatic nitrogens is 3. The minimum absolute atomic E-state index is 0.00725. The topological polar surface area (TPSA) is 86.2 Å². The van der Waals surface area contributed by atoms with Gasteiger partial charge >= 0.3 is 0 Å². The van der Waals surface area contributed by atoms with Crippen LogP contribution in [0.1, 0.15) is 48.7 Å². The van der Waals surface area contributed by atoms with E-state index in [1.807, 2.05) is 30.0 Å². The molecule has 0 spiro atoms. The highest BCUT2D eigenvalue weighted by molar-refractivity contribution is 5.79. The summed E-state index contributed by atoms with van der Waals surface area (Å²) in [6.07, 6.45) is 4.72. The van der Waals surface area contributed by atoms with Crippen LogP contribution in [0.2, 0.25) is 0 Å². The standard InChI is InChI=1S/C22H32N6O3/c1-25(2)14-21(29)27-8-3-4-19(27)18-12-20-23-17-5-9-26(15-6-10-31-11-7-15)13-16(17)22(30)28(20)24-18/h12,15,19,24H,3-11,13-14H2,1-2H3/t19-/m0/s1. The molecule has 0 bridgehead atoms. The molecule has 1 amide bonds. The molecule has 0 radical (unpaired) electrons. The first kappa shape index (κ1) is 20.7. The molecule has 1 atom stereocenters. The van der Waals surface area contributed by atoms with Gasteiger partial charge in [-0.15, -0.1) is 0 Å². The van der Waals surface area contributed by atoms with Gasteiger partial charge in [-0.2, -0.15) is 0 Å². The van der Waals surface area contributed by atoms with E-state index in [1.54, 1.807) is 4.52 Å². The largest absolute Gasteiger partial charge is 0.381 e. The molecule has 0 aliphatic carbocycles. The van der Waals surface area contributed by atoms with Crippen molar-refractivity contribution in [3.05, 3.63) is 33.4 Å². The Morgan fingerprint density at radius 1 is 1.26 bits per heavy atom. The average Bonchev–Trinajstić information content (AvgIpc) is 3.41. The normalized spacial score (nSPS) is 23.1. The summed E-state index contributed by atoms with van der Waals surface area (Å²) in [4.78, 5) is 37.1. The van der Waals surface area contributed by atoms with E-state index < -0.39 is 0 Å². The number of hydrogen-bond donors (Lipinski definition) is 1. The second-order valence-corrected chi connectivity index (χ2v) is 9.29. The van der Waals surface area contributed by atoms with E-state index in [2.05, 4.69) is 10.00 Å². The zero-order chi connectivity index (χ0) is 21.5. The molecule has 0 aromatic carbocycles. The second kappa shape index (κ2) is 8.37. The number of likely N-dealkylation sites (tertiary alicyclic amines) is 1. The van der Waals surface area contributed by atoms with Crippen LogP contribution in [-0.2, 0) is 22.5 Å². The van der Waals surface area contributed by atoms with Crippen molar-refractivity contribution in [3.63, 3.8) is 0 Å². The Kier molecular flexibility index (Phi) is 5.58. The van der Waals surface area contributed by atoms with Crippen molar-refractivity contribution < 1.29 is 9.53 Å². The predicted octanol–water partition coefficient (Wildman–Crippen LogP) is 0.785. The van der Waals surface area contributed by atoms with Gasteiger partial charge < -0.3 is 14.5 Å². The monoisotopic (exact) mass is 428 g/mol. The number of hydrogen-bond acceptors (Lipinski definition) is 6. The molecular formula is C22H32N6O3. The minimum atomic E-state index is -0.0238. The van der Waals surface area contributed by atoms with Crippen molar-refractivity contribution in [3.8, 4) is 0 Å². The van der Waals surface area contributed by atoms with Crippen molar-refractivity contribution >= 4 is 11.6 Å². The smallest absolute Gasteiger partial charge is 0.277 e. The van der Waals surface area contributed by atoms with Gasteiger partial charge in [0.2, 0.25) is 5.91 Å². The SMILES string of the molecule is CN(C)CC(=O)N1CCC[C@H]1c1cc2nc3c(c(=O)n2[nH]1)CN(C1CCOCC1)CC3. The van der Waals surface area contributed by atoms with Gasteiger partial charge in [-0.25, -0.2) is 9.50 Å². The summed E-state index contributed by atoms with van der Waals surface area (Å²) < 4.78 is 7.08. The fourth-order valence-electron chi connectivity index (χ4n) is 5.30. The molecule has 0 saturated carbocycles. The molecule has 2 fully saturated rings. The number of rotatable bonds is 4. The van der Waals surface area contributed by atoms with Crippen molar-refractivity contribution in [1.29, 1.82) is 0 Å². The third-order valence-corrected chi connectivity index (χ3v) is 6.90. The Morgan fingerprint density at radius 3 is 2.84 bits per heavy atom. The van der Waals surface area contributed by atoms with Gasteiger partial charge in [0.05, 0.1) is 29.5 Å². The molecular weight excluding hydrogens is 396 g/mol. The zero-order valence-corrected chi connectivity index (χ0v) is 18.5. The van der Waals surface area contributed by atoms with Crippen molar-refractivity contribution in [2.45, 2.75) is 50.7 Å². The summed E-state index contributed by atoms with van der Waals surface area (Å²) >= 11 is 0. The summed E-state index contributed by atoms with van der Waals surface area (Å²) in [6, 6.07) is 2.42. The highest BCUT2D eigenvalue weighted by Crippen LogP contribution is 2.32. The number of H-pyrrole nitrogens is 1. The van der Waals surface area contributed by atoms with Crippen LogP contribution in [0.3, 0.4) is 0 Å². The molecule has 3 aliphatic heterocycles. The zero-order valence-electron chi connectivity index (χ0n) is 18.5. The molecule has 2 saturated heterocycles. The average molecular weight is 429 g/mol. The molecule has 0 unspecified atom stereocenters. The number of ether oxygens (including phenoxy) is 1. The third kappa shape index (κ3) is 3.90. The summed E-state index contributed by atoms with van der Waals surface area (Å²) in [5.41, 5.74) is 3.27. The van der Waals surface area contributed by atoms with Crippen LogP contribution >= 0.6 is 0 Å². The highest BCUT2D eigenvalue weighted by Gasteiger charge is 2.33. The first-order chi connectivity index (χ1) is 15.0. The Balaban J connectivity index is 1.43. The Hall–Kier alpha value is -2.23. The van der Waals surface area contributed by atoms with Gasteiger partial charge in [0.25, 0.3) is 5.56 Å². The van der Waals surface area contributed by atoms with Gasteiger partial charge in [0.1, 0.15) is 0 Å². The van der Waals surface area contributed by atoms with Crippen LogP contribution in [0.5, 0.6) is 0 Å². The summed E-state index contributed by atoms with van der Waals surface area (Å²) in [7, 11) is 3.81. The number of nitrogens with one attached hydrogen (secondary N) is 1. The predicted molar refractivity (Wildman–Crippen MR) is 116 cm³/mol. The van der Waals surface area contributed by atoms with Gasteiger partial charge in [0, 0.05) is 51.4 Å². The summed E-state index contributed by atoms with van der Waals surface area (Å²) in [5.74, 6) is 0.123. The first-order valence-electron chi connectivity index (χ1n) is 11.4. The van der Waals surface area contributed by atoms with Gasteiger partial charge in [0.15, 0.2) is 5.65 Å². The molecule has 2 aromatic heterocycles. The lowest BCUT2D eigenvalue weighted by Gasteiger charge is -2.36. The Bertz CT molecular complexity index is 1020. The maximum atomic E-state index is 13.3. The molecule has 5 heterocycles. The van der Waals surface area contributed by atoms with Crippen LogP contribution in [0.25, 0.3) is 5.65 Å². The van der Waals surface area contributed by atoms with Crippen molar-refractivity contribution in [2.75, 3.05) is 46.9 Å². The van der Waals surface area contributed by atoms with Crippen LogP contribution in [0.4, 0.5) is 0 Å². The van der Waals surface area contributed by atoms with Gasteiger partial charge in [-0.1, -0.05) is 0 Å². The molecule has 31 heavy (non-hydrogen) atoms. The van der Waals surface area contributed by atoms with Crippen LogP contribution in [0, 0.1) is 0 Å². The van der Waals surface area contributed by atoms with E-state index in [0.29, 0.717) is 24.8 Å². The molecule has 1 N–H and O–H groups in total. The molecule has 168 valence electrons. The lowest BCUT2D eigenvalue weighted by atomic mass is 10.0. The number of carbonyl (C=O) groups is 1. The fourth-order valence-corrected chi connectivity index (χ4v) is 5.30. The first-order valence-corrected chi connectivity index (χ1v) is 11.4. The second-order valence-electron chi connectivity index (χ2n) is 9.29. The highest BCUT2D eigenvalue weighted by atomic mass is 16.5. The summed E-state index contributed by atoms with van der Waals surface area (Å²) in [6.45, 7) is 4.34. The molecule has 5 rings (SSSR count). The number of fused-ring (bicyclic) bond motifs is 2. The van der Waals surface area contributed by atoms with Crippen LogP contribution in [-0.4, -0.2) is 88.2 Å². The minimum Gasteiger partial charge on any atom is -0.381 e. The van der Waals surface area contributed by atoms with E-state index in [-0.39, 0.29) is 17.5 Å². The van der Waals surface area contributed by atoms with E-state index in [0.717, 1.165) is 75.4 Å². The summed E-state index contributed by atoms with van der Waals surface area (Å²) in [5, 5.41) is 3.28. The van der Waals surface area contributed by atoms with E-state index in [4.69, 9.17) is 9.72 Å². The van der Waals surface area contributed by atoms with Crippen molar-refractivity contribution in [1.82, 2.24) is 29.3 Å². The van der Waals surface area contributed by atoms with E-state index in [1.165, 1.54) is 0 Å². The van der Waals surface area contributed by atoms with Crippen LogP contribution in [0.15, 0.2) is 10.9 Å². The van der Waals surface area contributed by atoms with E-state index >= 15 is 0 Å². The maximum absolute atomic E-state index is 13.3. The lowest BCUT2D eigenvalue weighted by molar-refractivity contribution is -0.132. The Labute approximate surface area is 181 Å². The number of carbonyl (C=O) groups excluding carboxylic acids is 1. The number of nitrogens with zero attached hydrogens (tertiary/aromatic N) is 5. The number of likely N-dealkylation sites (N-methyl/N-ethyl adjacent to an activating group) is 1. The van der Waals surface area contributed by atoms with Gasteiger partial charge in [-0.3, -0.25) is 19.6 Å². The third-order valence-electron chi connectivity index (χ3n) is 6.90. The fraction of sp³-hybridized carbons (Fsp3) is 0.682. The van der Waals surface area contributed by atoms with Crippen molar-refractivity contribution in [2.24, 2.45) is 0 Å². The van der Waals surface area contributed by atoms with Crippen LogP contribution < -0.4 is 5.56 Å². The van der Waals surface area contributed by atoms with Gasteiger partial charge in [-0.05, 0) is 39.8 Å². The lowest BCUT2D eigenvalue weighted by Crippen LogP contribution is -2.44. The van der Waals surface area contributed by atoms with E-state index in [9.17, 15) is 9.59 Å². The molecule has 9 heteroatoms.